The highest BCUT2D eigenvalue weighted by Crippen LogP contribution is 2.30. The van der Waals surface area contributed by atoms with Gasteiger partial charge in [-0.2, -0.15) is 0 Å². The SMILES string of the molecule is Cc1cc(Cl)nc(Cl)c1NC(=O)C1CCCS1. The van der Waals surface area contributed by atoms with Crippen molar-refractivity contribution in [1.29, 1.82) is 0 Å². The van der Waals surface area contributed by atoms with Gasteiger partial charge in [-0.3, -0.25) is 4.79 Å². The van der Waals surface area contributed by atoms with Gasteiger partial charge in [-0.05, 0) is 37.1 Å². The van der Waals surface area contributed by atoms with E-state index in [4.69, 9.17) is 23.2 Å². The third kappa shape index (κ3) is 3.06. The molecule has 2 heterocycles. The Morgan fingerprint density at radius 1 is 1.59 bits per heavy atom. The molecule has 6 heteroatoms. The Kier molecular flexibility index (Phi) is 4.17. The van der Waals surface area contributed by atoms with Gasteiger partial charge in [-0.25, -0.2) is 4.98 Å². The number of thioether (sulfide) groups is 1. The molecule has 0 radical (unpaired) electrons. The maximum Gasteiger partial charge on any atom is 0.237 e. The first kappa shape index (κ1) is 13.0. The average molecular weight is 291 g/mol. The summed E-state index contributed by atoms with van der Waals surface area (Å²) in [5, 5.41) is 3.44. The van der Waals surface area contributed by atoms with Gasteiger partial charge in [0.1, 0.15) is 5.15 Å². The van der Waals surface area contributed by atoms with Crippen LogP contribution < -0.4 is 5.32 Å². The normalized spacial score (nSPS) is 19.4. The van der Waals surface area contributed by atoms with E-state index in [0.717, 1.165) is 24.2 Å². The molecule has 0 saturated carbocycles. The van der Waals surface area contributed by atoms with Gasteiger partial charge in [0.2, 0.25) is 5.91 Å². The molecule has 1 aliphatic rings. The molecule has 1 atom stereocenters. The Labute approximate surface area is 114 Å². The summed E-state index contributed by atoms with van der Waals surface area (Å²) in [7, 11) is 0. The summed E-state index contributed by atoms with van der Waals surface area (Å²) in [5.41, 5.74) is 1.39. The Morgan fingerprint density at radius 3 is 2.94 bits per heavy atom. The van der Waals surface area contributed by atoms with Gasteiger partial charge in [0.05, 0.1) is 10.9 Å². The second-order valence-corrected chi connectivity index (χ2v) is 5.97. The maximum absolute atomic E-state index is 12.0. The summed E-state index contributed by atoms with van der Waals surface area (Å²) in [6.07, 6.45) is 2.02. The number of rotatable bonds is 2. The van der Waals surface area contributed by atoms with Crippen LogP contribution in [0.25, 0.3) is 0 Å². The van der Waals surface area contributed by atoms with Crippen LogP contribution in [0.4, 0.5) is 5.69 Å². The predicted octanol–water partition coefficient (Wildman–Crippen LogP) is 3.53. The lowest BCUT2D eigenvalue weighted by Crippen LogP contribution is -2.23. The van der Waals surface area contributed by atoms with Gasteiger partial charge >= 0.3 is 0 Å². The molecule has 1 unspecified atom stereocenters. The molecule has 17 heavy (non-hydrogen) atoms. The monoisotopic (exact) mass is 290 g/mol. The van der Waals surface area contributed by atoms with E-state index in [2.05, 4.69) is 10.3 Å². The van der Waals surface area contributed by atoms with Crippen LogP contribution in [0.5, 0.6) is 0 Å². The van der Waals surface area contributed by atoms with Gasteiger partial charge in [0, 0.05) is 0 Å². The Bertz CT molecular complexity index is 424. The molecule has 1 saturated heterocycles. The molecular formula is C11H12Cl2N2OS. The van der Waals surface area contributed by atoms with Crippen molar-refractivity contribution in [2.75, 3.05) is 11.1 Å². The molecule has 3 nitrogen and oxygen atoms in total. The lowest BCUT2D eigenvalue weighted by molar-refractivity contribution is -0.115. The van der Waals surface area contributed by atoms with E-state index in [-0.39, 0.29) is 16.3 Å². The van der Waals surface area contributed by atoms with Crippen LogP contribution in [0, 0.1) is 6.92 Å². The highest BCUT2D eigenvalue weighted by atomic mass is 35.5. The van der Waals surface area contributed by atoms with Crippen LogP contribution in [0.3, 0.4) is 0 Å². The Hall–Kier alpha value is -0.450. The number of carbonyl (C=O) groups is 1. The molecule has 1 N–H and O–H groups in total. The van der Waals surface area contributed by atoms with Crippen molar-refractivity contribution in [2.45, 2.75) is 25.0 Å². The molecule has 0 bridgehead atoms. The zero-order chi connectivity index (χ0) is 12.4. The van der Waals surface area contributed by atoms with E-state index >= 15 is 0 Å². The van der Waals surface area contributed by atoms with E-state index < -0.39 is 0 Å². The number of nitrogens with one attached hydrogen (secondary N) is 1. The van der Waals surface area contributed by atoms with Gasteiger partial charge in [-0.15, -0.1) is 11.8 Å². The summed E-state index contributed by atoms with van der Waals surface area (Å²) >= 11 is 13.4. The first-order chi connectivity index (χ1) is 8.08. The minimum absolute atomic E-state index is 0.00150. The predicted molar refractivity (Wildman–Crippen MR) is 73.1 cm³/mol. The van der Waals surface area contributed by atoms with Crippen LogP contribution in [-0.2, 0) is 4.79 Å². The molecule has 1 aromatic rings. The Balaban J connectivity index is 2.15. The summed E-state index contributed by atoms with van der Waals surface area (Å²) in [6.45, 7) is 1.84. The lowest BCUT2D eigenvalue weighted by Gasteiger charge is -2.13. The van der Waals surface area contributed by atoms with Crippen molar-refractivity contribution in [3.8, 4) is 0 Å². The third-order valence-corrected chi connectivity index (χ3v) is 4.46. The number of hydrogen-bond donors (Lipinski definition) is 1. The highest BCUT2D eigenvalue weighted by molar-refractivity contribution is 8.00. The van der Waals surface area contributed by atoms with Gasteiger partial charge in [0.15, 0.2) is 5.15 Å². The van der Waals surface area contributed by atoms with Crippen LogP contribution >= 0.6 is 35.0 Å². The van der Waals surface area contributed by atoms with E-state index in [9.17, 15) is 4.79 Å². The van der Waals surface area contributed by atoms with Gasteiger partial charge in [-0.1, -0.05) is 23.2 Å². The summed E-state index contributed by atoms with van der Waals surface area (Å²) in [4.78, 5) is 15.9. The lowest BCUT2D eigenvalue weighted by atomic mass is 10.2. The van der Waals surface area contributed by atoms with Crippen LogP contribution in [-0.4, -0.2) is 21.9 Å². The van der Waals surface area contributed by atoms with Crippen molar-refractivity contribution in [2.24, 2.45) is 0 Å². The van der Waals surface area contributed by atoms with Crippen LogP contribution in [0.15, 0.2) is 6.07 Å². The fraction of sp³-hybridized carbons (Fsp3) is 0.455. The first-order valence-corrected chi connectivity index (χ1v) is 7.13. The molecule has 1 fully saturated rings. The summed E-state index contributed by atoms with van der Waals surface area (Å²) < 4.78 is 0. The second kappa shape index (κ2) is 5.46. The van der Waals surface area contributed by atoms with E-state index in [1.807, 2.05) is 6.92 Å². The third-order valence-electron chi connectivity index (χ3n) is 2.61. The standard InChI is InChI=1S/C11H12Cl2N2OS/c1-6-5-8(12)14-10(13)9(6)15-11(16)7-3-2-4-17-7/h5,7H,2-4H2,1H3,(H,15,16). The minimum Gasteiger partial charge on any atom is -0.322 e. The van der Waals surface area contributed by atoms with E-state index in [1.54, 1.807) is 17.8 Å². The number of aryl methyl sites for hydroxylation is 1. The van der Waals surface area contributed by atoms with Crippen LogP contribution in [0.1, 0.15) is 18.4 Å². The maximum atomic E-state index is 12.0. The second-order valence-electron chi connectivity index (χ2n) is 3.92. The number of nitrogens with zero attached hydrogens (tertiary/aromatic N) is 1. The fourth-order valence-electron chi connectivity index (χ4n) is 1.73. The van der Waals surface area contributed by atoms with Crippen molar-refractivity contribution in [3.05, 3.63) is 21.9 Å². The minimum atomic E-state index is 0.00150. The number of pyridine rings is 1. The van der Waals surface area contributed by atoms with E-state index in [1.165, 1.54) is 0 Å². The zero-order valence-electron chi connectivity index (χ0n) is 9.30. The number of aromatic nitrogens is 1. The smallest absolute Gasteiger partial charge is 0.237 e. The topological polar surface area (TPSA) is 42.0 Å². The van der Waals surface area contributed by atoms with Crippen LogP contribution in [0.2, 0.25) is 10.3 Å². The van der Waals surface area contributed by atoms with Crippen molar-refractivity contribution >= 4 is 46.6 Å². The highest BCUT2D eigenvalue weighted by Gasteiger charge is 2.24. The van der Waals surface area contributed by atoms with Gasteiger partial charge < -0.3 is 5.32 Å². The van der Waals surface area contributed by atoms with Crippen molar-refractivity contribution in [3.63, 3.8) is 0 Å². The van der Waals surface area contributed by atoms with Crippen molar-refractivity contribution < 1.29 is 4.79 Å². The molecule has 1 amide bonds. The quantitative estimate of drug-likeness (QED) is 0.848. The van der Waals surface area contributed by atoms with E-state index in [0.29, 0.717) is 10.8 Å². The molecular weight excluding hydrogens is 279 g/mol. The number of hydrogen-bond acceptors (Lipinski definition) is 3. The van der Waals surface area contributed by atoms with Crippen molar-refractivity contribution in [1.82, 2.24) is 4.98 Å². The zero-order valence-corrected chi connectivity index (χ0v) is 11.6. The summed E-state index contributed by atoms with van der Waals surface area (Å²) in [6, 6.07) is 1.69. The van der Waals surface area contributed by atoms with Gasteiger partial charge in [0.25, 0.3) is 0 Å². The average Bonchev–Trinajstić information content (AvgIpc) is 2.76. The number of halogens is 2. The molecule has 0 spiro atoms. The molecule has 2 rings (SSSR count). The summed E-state index contributed by atoms with van der Waals surface area (Å²) in [5.74, 6) is 1.05. The number of carbonyl (C=O) groups excluding carboxylic acids is 1. The first-order valence-electron chi connectivity index (χ1n) is 5.33. The molecule has 92 valence electrons. The number of anilines is 1. The fourth-order valence-corrected chi connectivity index (χ4v) is 3.47. The number of amides is 1. The molecule has 1 aliphatic heterocycles. The largest absolute Gasteiger partial charge is 0.322 e. The molecule has 1 aromatic heterocycles. The molecule has 0 aliphatic carbocycles. The molecule has 0 aromatic carbocycles. The Morgan fingerprint density at radius 2 is 2.35 bits per heavy atom.